The van der Waals surface area contributed by atoms with Gasteiger partial charge in [0.05, 0.1) is 28.6 Å². The average Bonchev–Trinajstić information content (AvgIpc) is 3.33. The van der Waals surface area contributed by atoms with Crippen LogP contribution in [0.25, 0.3) is 16.9 Å². The van der Waals surface area contributed by atoms with Crippen molar-refractivity contribution in [1.29, 1.82) is 0 Å². The number of benzene rings is 1. The van der Waals surface area contributed by atoms with E-state index in [4.69, 9.17) is 16.6 Å². The molecule has 3 aromatic heterocycles. The molecule has 134 valence electrons. The van der Waals surface area contributed by atoms with E-state index in [1.165, 1.54) is 0 Å². The number of anilines is 1. The van der Waals surface area contributed by atoms with Gasteiger partial charge in [-0.1, -0.05) is 23.7 Å². The minimum absolute atomic E-state index is 0.371. The van der Waals surface area contributed by atoms with Crippen LogP contribution in [0, 0.1) is 0 Å². The van der Waals surface area contributed by atoms with E-state index >= 15 is 0 Å². The second-order valence-electron chi connectivity index (χ2n) is 6.41. The van der Waals surface area contributed by atoms with E-state index in [1.807, 2.05) is 53.5 Å². The lowest BCUT2D eigenvalue weighted by molar-refractivity contribution is 0.363. The van der Waals surface area contributed by atoms with Crippen LogP contribution < -0.4 is 4.90 Å². The topological polar surface area (TPSA) is 64.7 Å². The number of hydrogen-bond acceptors (Lipinski definition) is 5. The molecule has 1 aliphatic rings. The SMILES string of the molecule is Clc1ccccc1-n1cc(-c2ccnc(N3CC(n4cccn4)C3)n2)cn1. The lowest BCUT2D eigenvalue weighted by atomic mass is 10.1. The molecule has 0 atom stereocenters. The third-order valence-corrected chi connectivity index (χ3v) is 4.98. The summed E-state index contributed by atoms with van der Waals surface area (Å²) < 4.78 is 3.74. The van der Waals surface area contributed by atoms with Gasteiger partial charge in [0.2, 0.25) is 5.95 Å². The molecule has 0 bridgehead atoms. The Morgan fingerprint density at radius 2 is 1.89 bits per heavy atom. The number of rotatable bonds is 4. The fourth-order valence-electron chi connectivity index (χ4n) is 3.17. The molecule has 8 heteroatoms. The van der Waals surface area contributed by atoms with Crippen LogP contribution in [0.1, 0.15) is 6.04 Å². The normalized spacial score (nSPS) is 14.3. The van der Waals surface area contributed by atoms with Crippen molar-refractivity contribution in [2.75, 3.05) is 18.0 Å². The number of aromatic nitrogens is 6. The van der Waals surface area contributed by atoms with E-state index in [9.17, 15) is 0 Å². The van der Waals surface area contributed by atoms with Gasteiger partial charge >= 0.3 is 0 Å². The fourth-order valence-corrected chi connectivity index (χ4v) is 3.39. The standard InChI is InChI=1S/C19H16ClN7/c20-16-4-1-2-5-18(16)27-11-14(10-23-27)17-6-8-21-19(24-17)25-12-15(13-25)26-9-3-7-22-26/h1-11,15H,12-13H2. The molecule has 27 heavy (non-hydrogen) atoms. The molecular weight excluding hydrogens is 362 g/mol. The molecule has 7 nitrogen and oxygen atoms in total. The first kappa shape index (κ1) is 16.0. The van der Waals surface area contributed by atoms with Crippen molar-refractivity contribution in [3.63, 3.8) is 0 Å². The summed E-state index contributed by atoms with van der Waals surface area (Å²) in [6.07, 6.45) is 9.29. The minimum atomic E-state index is 0.371. The van der Waals surface area contributed by atoms with Crippen LogP contribution in [0.15, 0.2) is 67.4 Å². The van der Waals surface area contributed by atoms with Crippen LogP contribution in [-0.2, 0) is 0 Å². The van der Waals surface area contributed by atoms with Gasteiger partial charge in [-0.3, -0.25) is 4.68 Å². The van der Waals surface area contributed by atoms with Gasteiger partial charge in [-0.15, -0.1) is 0 Å². The molecule has 0 N–H and O–H groups in total. The van der Waals surface area contributed by atoms with E-state index in [0.29, 0.717) is 11.1 Å². The predicted molar refractivity (Wildman–Crippen MR) is 103 cm³/mol. The molecule has 0 saturated carbocycles. The third kappa shape index (κ3) is 2.96. The maximum absolute atomic E-state index is 6.26. The first-order valence-electron chi connectivity index (χ1n) is 8.65. The van der Waals surface area contributed by atoms with Crippen LogP contribution in [0.5, 0.6) is 0 Å². The number of hydrogen-bond donors (Lipinski definition) is 0. The Morgan fingerprint density at radius 3 is 2.70 bits per heavy atom. The summed E-state index contributed by atoms with van der Waals surface area (Å²) in [4.78, 5) is 11.3. The molecule has 5 rings (SSSR count). The van der Waals surface area contributed by atoms with E-state index in [2.05, 4.69) is 20.1 Å². The highest BCUT2D eigenvalue weighted by molar-refractivity contribution is 6.32. The summed E-state index contributed by atoms with van der Waals surface area (Å²) in [5.74, 6) is 0.724. The number of nitrogens with zero attached hydrogens (tertiary/aromatic N) is 7. The van der Waals surface area contributed by atoms with Crippen molar-refractivity contribution in [3.8, 4) is 16.9 Å². The molecule has 0 amide bonds. The molecule has 0 spiro atoms. The highest BCUT2D eigenvalue weighted by Crippen LogP contribution is 2.27. The molecule has 1 aromatic carbocycles. The smallest absolute Gasteiger partial charge is 0.226 e. The zero-order chi connectivity index (χ0) is 18.2. The Kier molecular flexibility index (Phi) is 3.86. The summed E-state index contributed by atoms with van der Waals surface area (Å²) in [5.41, 5.74) is 2.59. The van der Waals surface area contributed by atoms with Crippen molar-refractivity contribution in [2.24, 2.45) is 0 Å². The van der Waals surface area contributed by atoms with Gasteiger partial charge < -0.3 is 4.90 Å². The van der Waals surface area contributed by atoms with Crippen molar-refractivity contribution in [3.05, 3.63) is 72.4 Å². The summed E-state index contributed by atoms with van der Waals surface area (Å²) in [5, 5.41) is 9.38. The van der Waals surface area contributed by atoms with Gasteiger partial charge in [-0.25, -0.2) is 14.6 Å². The Hall–Kier alpha value is -3.19. The second kappa shape index (κ2) is 6.51. The molecule has 0 radical (unpaired) electrons. The van der Waals surface area contributed by atoms with Crippen molar-refractivity contribution < 1.29 is 0 Å². The quantitative estimate of drug-likeness (QED) is 0.546. The second-order valence-corrected chi connectivity index (χ2v) is 6.82. The maximum atomic E-state index is 6.26. The third-order valence-electron chi connectivity index (χ3n) is 4.66. The highest BCUT2D eigenvalue weighted by Gasteiger charge is 2.30. The molecule has 1 fully saturated rings. The zero-order valence-corrected chi connectivity index (χ0v) is 15.1. The highest BCUT2D eigenvalue weighted by atomic mass is 35.5. The molecule has 4 heterocycles. The summed E-state index contributed by atoms with van der Waals surface area (Å²) in [7, 11) is 0. The molecule has 1 saturated heterocycles. The molecule has 1 aliphatic heterocycles. The number of halogens is 1. The van der Waals surface area contributed by atoms with E-state index in [0.717, 1.165) is 36.0 Å². The zero-order valence-electron chi connectivity index (χ0n) is 14.4. The van der Waals surface area contributed by atoms with Gasteiger partial charge in [0.15, 0.2) is 0 Å². The molecule has 4 aromatic rings. The maximum Gasteiger partial charge on any atom is 0.226 e. The summed E-state index contributed by atoms with van der Waals surface area (Å²) in [6.45, 7) is 1.70. The number of para-hydroxylation sites is 1. The largest absolute Gasteiger partial charge is 0.336 e. The summed E-state index contributed by atoms with van der Waals surface area (Å²) >= 11 is 6.26. The van der Waals surface area contributed by atoms with E-state index < -0.39 is 0 Å². The van der Waals surface area contributed by atoms with Gasteiger partial charge in [-0.05, 0) is 24.3 Å². The van der Waals surface area contributed by atoms with Gasteiger partial charge in [-0.2, -0.15) is 10.2 Å². The fraction of sp³-hybridized carbons (Fsp3) is 0.158. The van der Waals surface area contributed by atoms with Gasteiger partial charge in [0.25, 0.3) is 0 Å². The van der Waals surface area contributed by atoms with E-state index in [-0.39, 0.29) is 0 Å². The lowest BCUT2D eigenvalue weighted by Gasteiger charge is -2.39. The Labute approximate surface area is 160 Å². The van der Waals surface area contributed by atoms with Crippen LogP contribution in [0.3, 0.4) is 0 Å². The monoisotopic (exact) mass is 377 g/mol. The van der Waals surface area contributed by atoms with Crippen molar-refractivity contribution in [1.82, 2.24) is 29.5 Å². The summed E-state index contributed by atoms with van der Waals surface area (Å²) in [6, 6.07) is 11.8. The Morgan fingerprint density at radius 1 is 1.00 bits per heavy atom. The predicted octanol–water partition coefficient (Wildman–Crippen LogP) is 3.24. The van der Waals surface area contributed by atoms with Crippen LogP contribution >= 0.6 is 11.6 Å². The van der Waals surface area contributed by atoms with Crippen molar-refractivity contribution >= 4 is 17.5 Å². The molecule has 0 unspecified atom stereocenters. The first-order chi connectivity index (χ1) is 13.3. The van der Waals surface area contributed by atoms with Gasteiger partial charge in [0.1, 0.15) is 0 Å². The minimum Gasteiger partial charge on any atom is -0.336 e. The lowest BCUT2D eigenvalue weighted by Crippen LogP contribution is -2.48. The molecule has 0 aliphatic carbocycles. The Bertz CT molecular complexity index is 1070. The van der Waals surface area contributed by atoms with Crippen LogP contribution in [0.4, 0.5) is 5.95 Å². The molecular formula is C19H16ClN7. The average molecular weight is 378 g/mol. The van der Waals surface area contributed by atoms with Crippen LogP contribution in [0.2, 0.25) is 5.02 Å². The Balaban J connectivity index is 1.37. The first-order valence-corrected chi connectivity index (χ1v) is 9.03. The van der Waals surface area contributed by atoms with E-state index in [1.54, 1.807) is 23.3 Å². The van der Waals surface area contributed by atoms with Gasteiger partial charge in [0, 0.05) is 43.4 Å². The van der Waals surface area contributed by atoms with Crippen molar-refractivity contribution in [2.45, 2.75) is 6.04 Å². The van der Waals surface area contributed by atoms with Crippen LogP contribution in [-0.4, -0.2) is 42.6 Å².